The zero-order valence-electron chi connectivity index (χ0n) is 16.4. The molecule has 0 spiro atoms. The highest BCUT2D eigenvalue weighted by atomic mass is 35.5. The van der Waals surface area contributed by atoms with E-state index in [1.54, 1.807) is 0 Å². The smallest absolute Gasteiger partial charge is 0.322 e. The van der Waals surface area contributed by atoms with Gasteiger partial charge in [-0.25, -0.2) is 4.79 Å². The average molecular weight is 412 g/mol. The third-order valence-corrected chi connectivity index (χ3v) is 6.43. The van der Waals surface area contributed by atoms with Crippen LogP contribution in [0, 0.1) is 5.92 Å². The Morgan fingerprint density at radius 3 is 2.38 bits per heavy atom. The number of likely N-dealkylation sites (tertiary alicyclic amines) is 1. The Labute approximate surface area is 176 Å². The van der Waals surface area contributed by atoms with Crippen molar-refractivity contribution >= 4 is 23.5 Å². The van der Waals surface area contributed by atoms with E-state index in [1.165, 1.54) is 11.1 Å². The number of halogens is 1. The van der Waals surface area contributed by atoms with Crippen molar-refractivity contribution in [1.29, 1.82) is 0 Å². The number of rotatable bonds is 6. The molecule has 3 amide bonds. The Kier molecular flexibility index (Phi) is 5.88. The molecule has 2 aromatic carbocycles. The van der Waals surface area contributed by atoms with Crippen LogP contribution in [0.5, 0.6) is 0 Å². The monoisotopic (exact) mass is 411 g/mol. The third-order valence-electron chi connectivity index (χ3n) is 6.20. The molecule has 2 aliphatic heterocycles. The lowest BCUT2D eigenvalue weighted by Crippen LogP contribution is -2.56. The van der Waals surface area contributed by atoms with Gasteiger partial charge in [0.15, 0.2) is 0 Å². The van der Waals surface area contributed by atoms with Gasteiger partial charge >= 0.3 is 6.03 Å². The van der Waals surface area contributed by atoms with Crippen molar-refractivity contribution < 1.29 is 9.59 Å². The van der Waals surface area contributed by atoms with Crippen molar-refractivity contribution in [3.8, 4) is 0 Å². The third kappa shape index (κ3) is 4.46. The number of hydrogen-bond donors (Lipinski definition) is 2. The number of carbonyl (C=O) groups is 2. The molecule has 1 unspecified atom stereocenters. The van der Waals surface area contributed by atoms with Crippen LogP contribution >= 0.6 is 11.6 Å². The number of urea groups is 1. The largest absolute Gasteiger partial charge is 0.323 e. The van der Waals surface area contributed by atoms with Gasteiger partial charge in [-0.2, -0.15) is 0 Å². The second-order valence-corrected chi connectivity index (χ2v) is 8.48. The van der Waals surface area contributed by atoms with Crippen LogP contribution < -0.4 is 10.6 Å². The van der Waals surface area contributed by atoms with Gasteiger partial charge in [0.05, 0.1) is 0 Å². The molecule has 5 nitrogen and oxygen atoms in total. The van der Waals surface area contributed by atoms with Gasteiger partial charge in [0.1, 0.15) is 5.54 Å². The Morgan fingerprint density at radius 2 is 1.72 bits per heavy atom. The van der Waals surface area contributed by atoms with Gasteiger partial charge in [-0.1, -0.05) is 54.1 Å². The van der Waals surface area contributed by atoms with Crippen molar-refractivity contribution in [3.05, 3.63) is 70.7 Å². The number of aryl methyl sites for hydroxylation is 1. The van der Waals surface area contributed by atoms with Crippen LogP contribution in [0.25, 0.3) is 0 Å². The topological polar surface area (TPSA) is 61.4 Å². The van der Waals surface area contributed by atoms with E-state index in [1.807, 2.05) is 36.4 Å². The van der Waals surface area contributed by atoms with Crippen LogP contribution in [-0.4, -0.2) is 35.5 Å². The lowest BCUT2D eigenvalue weighted by Gasteiger charge is -2.40. The molecule has 29 heavy (non-hydrogen) atoms. The van der Waals surface area contributed by atoms with E-state index in [0.29, 0.717) is 6.42 Å². The molecule has 152 valence electrons. The molecule has 2 saturated heterocycles. The van der Waals surface area contributed by atoms with E-state index in [-0.39, 0.29) is 17.9 Å². The molecule has 0 aromatic heterocycles. The van der Waals surface area contributed by atoms with Crippen LogP contribution in [0.15, 0.2) is 54.6 Å². The zero-order valence-corrected chi connectivity index (χ0v) is 17.1. The van der Waals surface area contributed by atoms with Crippen LogP contribution in [0.2, 0.25) is 5.02 Å². The number of benzene rings is 2. The molecule has 0 radical (unpaired) electrons. The van der Waals surface area contributed by atoms with E-state index in [0.717, 1.165) is 43.9 Å². The molecule has 2 aromatic rings. The normalized spacial score (nSPS) is 23.1. The van der Waals surface area contributed by atoms with Crippen LogP contribution in [-0.2, 0) is 17.8 Å². The second-order valence-electron chi connectivity index (χ2n) is 8.05. The van der Waals surface area contributed by atoms with Crippen molar-refractivity contribution in [2.45, 2.75) is 37.8 Å². The van der Waals surface area contributed by atoms with Gasteiger partial charge in [0.25, 0.3) is 5.91 Å². The molecule has 2 aliphatic rings. The predicted molar refractivity (Wildman–Crippen MR) is 114 cm³/mol. The molecular formula is C23H26ClN3O2. The zero-order chi connectivity index (χ0) is 20.3. The van der Waals surface area contributed by atoms with Gasteiger partial charge in [0.2, 0.25) is 0 Å². The number of imide groups is 1. The van der Waals surface area contributed by atoms with Crippen molar-refractivity contribution in [3.63, 3.8) is 0 Å². The van der Waals surface area contributed by atoms with Crippen LogP contribution in [0.3, 0.4) is 0 Å². The maximum absolute atomic E-state index is 12.8. The maximum atomic E-state index is 12.8. The average Bonchev–Trinajstić information content (AvgIpc) is 3.02. The second kappa shape index (κ2) is 8.56. The van der Waals surface area contributed by atoms with Gasteiger partial charge in [-0.05, 0) is 68.0 Å². The highest BCUT2D eigenvalue weighted by molar-refractivity contribution is 6.30. The lowest BCUT2D eigenvalue weighted by atomic mass is 9.74. The summed E-state index contributed by atoms with van der Waals surface area (Å²) in [5, 5.41) is 6.23. The first kappa shape index (κ1) is 19.9. The molecule has 2 heterocycles. The fourth-order valence-electron chi connectivity index (χ4n) is 4.64. The number of carbonyl (C=O) groups excluding carboxylic acids is 2. The van der Waals surface area contributed by atoms with E-state index in [4.69, 9.17) is 11.6 Å². The standard InChI is InChI=1S/C23H26ClN3O2/c24-20-8-4-7-18(15-20)16-27-13-10-19(11-14-27)23(21(28)25-22(29)26-23)12-9-17-5-2-1-3-6-17/h1-8,15,19H,9-14,16H2,(H2,25,26,28,29). The summed E-state index contributed by atoms with van der Waals surface area (Å²) in [6, 6.07) is 17.7. The Morgan fingerprint density at radius 1 is 1.00 bits per heavy atom. The quantitative estimate of drug-likeness (QED) is 0.711. The minimum absolute atomic E-state index is 0.133. The highest BCUT2D eigenvalue weighted by Gasteiger charge is 2.51. The summed E-state index contributed by atoms with van der Waals surface area (Å²) in [5.41, 5.74) is 1.57. The summed E-state index contributed by atoms with van der Waals surface area (Å²) in [4.78, 5) is 27.2. The van der Waals surface area contributed by atoms with E-state index in [2.05, 4.69) is 33.7 Å². The summed E-state index contributed by atoms with van der Waals surface area (Å²) in [6.45, 7) is 2.64. The first-order valence-corrected chi connectivity index (χ1v) is 10.6. The molecule has 2 N–H and O–H groups in total. The summed E-state index contributed by atoms with van der Waals surface area (Å²) in [5.74, 6) is -0.0417. The SMILES string of the molecule is O=C1NC(=O)C(CCc2ccccc2)(C2CCN(Cc3cccc(Cl)c3)CC2)N1. The van der Waals surface area contributed by atoms with Gasteiger partial charge in [-0.15, -0.1) is 0 Å². The highest BCUT2D eigenvalue weighted by Crippen LogP contribution is 2.35. The van der Waals surface area contributed by atoms with Gasteiger partial charge in [-0.3, -0.25) is 15.0 Å². The Hall–Kier alpha value is -2.37. The minimum atomic E-state index is -0.810. The molecule has 2 fully saturated rings. The first-order valence-electron chi connectivity index (χ1n) is 10.2. The van der Waals surface area contributed by atoms with E-state index < -0.39 is 5.54 Å². The summed E-state index contributed by atoms with van der Waals surface area (Å²) in [7, 11) is 0. The van der Waals surface area contributed by atoms with Crippen molar-refractivity contribution in [1.82, 2.24) is 15.5 Å². The van der Waals surface area contributed by atoms with Gasteiger partial charge < -0.3 is 5.32 Å². The summed E-state index contributed by atoms with van der Waals surface area (Å²) < 4.78 is 0. The number of piperidine rings is 1. The fourth-order valence-corrected chi connectivity index (χ4v) is 4.85. The summed E-state index contributed by atoms with van der Waals surface area (Å²) in [6.07, 6.45) is 3.14. The molecule has 6 heteroatoms. The van der Waals surface area contributed by atoms with Crippen molar-refractivity contribution in [2.24, 2.45) is 5.92 Å². The fraction of sp³-hybridized carbons (Fsp3) is 0.391. The molecule has 4 rings (SSSR count). The Balaban J connectivity index is 1.42. The molecule has 0 aliphatic carbocycles. The number of nitrogens with zero attached hydrogens (tertiary/aromatic N) is 1. The summed E-state index contributed by atoms with van der Waals surface area (Å²) >= 11 is 6.10. The number of amides is 3. The van der Waals surface area contributed by atoms with E-state index in [9.17, 15) is 9.59 Å². The van der Waals surface area contributed by atoms with Crippen molar-refractivity contribution in [2.75, 3.05) is 13.1 Å². The molecule has 0 saturated carbocycles. The van der Waals surface area contributed by atoms with Crippen LogP contribution in [0.4, 0.5) is 4.79 Å². The van der Waals surface area contributed by atoms with Gasteiger partial charge in [0, 0.05) is 11.6 Å². The minimum Gasteiger partial charge on any atom is -0.323 e. The molecular weight excluding hydrogens is 386 g/mol. The Bertz CT molecular complexity index is 881. The van der Waals surface area contributed by atoms with E-state index >= 15 is 0 Å². The van der Waals surface area contributed by atoms with Crippen LogP contribution in [0.1, 0.15) is 30.4 Å². The molecule has 1 atom stereocenters. The molecule has 0 bridgehead atoms. The number of nitrogens with one attached hydrogen (secondary N) is 2. The predicted octanol–water partition coefficient (Wildman–Crippen LogP) is 3.76. The lowest BCUT2D eigenvalue weighted by molar-refractivity contribution is -0.127. The first-order chi connectivity index (χ1) is 14.0. The maximum Gasteiger partial charge on any atom is 0.322 e. The number of hydrogen-bond acceptors (Lipinski definition) is 3.